The molecule has 1 N–H and O–H groups in total. The summed E-state index contributed by atoms with van der Waals surface area (Å²) in [5, 5.41) is 17.8. The number of imidazole rings is 1. The van der Waals surface area contributed by atoms with Gasteiger partial charge in [-0.2, -0.15) is 18.3 Å². The predicted molar refractivity (Wildman–Crippen MR) is 171 cm³/mol. The first-order valence-electron chi connectivity index (χ1n) is 14.7. The fraction of sp³-hybridized carbons (Fsp3) is 0.235. The molecule has 0 fully saturated rings. The molecule has 4 heterocycles. The van der Waals surface area contributed by atoms with Crippen LogP contribution in [0.2, 0.25) is 5.02 Å². The maximum absolute atomic E-state index is 13.3. The molecule has 1 atom stereocenters. The van der Waals surface area contributed by atoms with Crippen LogP contribution in [-0.4, -0.2) is 47.5 Å². The molecule has 6 rings (SSSR count). The highest BCUT2D eigenvalue weighted by molar-refractivity contribution is 6.36. The van der Waals surface area contributed by atoms with Crippen molar-refractivity contribution in [2.24, 2.45) is 7.05 Å². The fourth-order valence-corrected chi connectivity index (χ4v) is 6.06. The largest absolute Gasteiger partial charge is 0.433 e. The zero-order chi connectivity index (χ0) is 32.6. The van der Waals surface area contributed by atoms with Crippen LogP contribution >= 0.6 is 11.6 Å². The Labute approximate surface area is 268 Å². The van der Waals surface area contributed by atoms with Crippen LogP contribution in [0.3, 0.4) is 0 Å². The molecule has 0 aliphatic rings. The van der Waals surface area contributed by atoms with E-state index in [1.165, 1.54) is 18.6 Å². The van der Waals surface area contributed by atoms with Crippen LogP contribution in [0.25, 0.3) is 16.6 Å². The first kappa shape index (κ1) is 31.3. The first-order valence-corrected chi connectivity index (χ1v) is 15.1. The number of nitrogens with zero attached hydrogens (tertiary/aromatic N) is 7. The summed E-state index contributed by atoms with van der Waals surface area (Å²) < 4.78 is 43.4. The van der Waals surface area contributed by atoms with E-state index in [-0.39, 0.29) is 5.56 Å². The highest BCUT2D eigenvalue weighted by atomic mass is 35.5. The molecule has 8 nitrogen and oxygen atoms in total. The van der Waals surface area contributed by atoms with Gasteiger partial charge in [0.05, 0.1) is 34.4 Å². The van der Waals surface area contributed by atoms with Crippen LogP contribution in [0.15, 0.2) is 91.8 Å². The summed E-state index contributed by atoms with van der Waals surface area (Å²) in [6, 6.07) is 17.2. The third-order valence-corrected chi connectivity index (χ3v) is 8.65. The molecule has 0 aliphatic carbocycles. The van der Waals surface area contributed by atoms with Gasteiger partial charge in [-0.3, -0.25) is 4.98 Å². The summed E-state index contributed by atoms with van der Waals surface area (Å²) in [6.07, 6.45) is 3.51. The highest BCUT2D eigenvalue weighted by Crippen LogP contribution is 2.41. The molecule has 6 aromatic rings. The normalized spacial score (nSPS) is 13.2. The third-order valence-electron chi connectivity index (χ3n) is 8.22. The zero-order valence-corrected chi connectivity index (χ0v) is 26.1. The molecule has 46 heavy (non-hydrogen) atoms. The second kappa shape index (κ2) is 12.2. The van der Waals surface area contributed by atoms with Gasteiger partial charge in [0.15, 0.2) is 5.60 Å². The SMILES string of the molecule is CCN(CC)c1nc2ccc(C(O)(c3ccc(C(F)(F)F)nc3)c3cncn3C)cc2c(Cl)c1Cc1ccc(-n2cccn2)cc1. The fourth-order valence-electron chi connectivity index (χ4n) is 5.75. The number of halogens is 4. The van der Waals surface area contributed by atoms with Crippen molar-refractivity contribution in [2.75, 3.05) is 18.0 Å². The van der Waals surface area contributed by atoms with Crippen LogP contribution in [-0.2, 0) is 25.2 Å². The monoisotopic (exact) mass is 645 g/mol. The molecule has 0 radical (unpaired) electrons. The van der Waals surface area contributed by atoms with Crippen molar-refractivity contribution in [2.45, 2.75) is 32.0 Å². The van der Waals surface area contributed by atoms with Gasteiger partial charge in [-0.1, -0.05) is 35.9 Å². The van der Waals surface area contributed by atoms with Gasteiger partial charge in [-0.25, -0.2) is 14.6 Å². The van der Waals surface area contributed by atoms with Gasteiger partial charge < -0.3 is 14.6 Å². The Hall–Kier alpha value is -4.74. The van der Waals surface area contributed by atoms with Crippen molar-refractivity contribution >= 4 is 28.3 Å². The Bertz CT molecular complexity index is 1970. The number of pyridine rings is 2. The lowest BCUT2D eigenvalue weighted by Crippen LogP contribution is -2.31. The van der Waals surface area contributed by atoms with Gasteiger partial charge in [0.2, 0.25) is 0 Å². The first-order chi connectivity index (χ1) is 22.0. The molecule has 0 saturated heterocycles. The minimum Gasteiger partial charge on any atom is -0.374 e. The van der Waals surface area contributed by atoms with Gasteiger partial charge in [0.25, 0.3) is 0 Å². The Morgan fingerprint density at radius 3 is 2.28 bits per heavy atom. The van der Waals surface area contributed by atoms with Gasteiger partial charge in [0, 0.05) is 61.7 Å². The number of aryl methyl sites for hydroxylation is 1. The van der Waals surface area contributed by atoms with E-state index in [0.717, 1.165) is 48.0 Å². The van der Waals surface area contributed by atoms with E-state index in [1.807, 2.05) is 36.5 Å². The number of benzene rings is 2. The Morgan fingerprint density at radius 1 is 0.957 bits per heavy atom. The van der Waals surface area contributed by atoms with Crippen LogP contribution < -0.4 is 4.90 Å². The molecule has 0 amide bonds. The van der Waals surface area contributed by atoms with Gasteiger partial charge in [0.1, 0.15) is 11.5 Å². The number of hydrogen-bond donors (Lipinski definition) is 1. The Morgan fingerprint density at radius 2 is 1.70 bits per heavy atom. The molecule has 0 bridgehead atoms. The standard InChI is InChI=1S/C34H31ClF3N7O/c1-4-44(5-2)32-27(17-22-7-11-25(12-8-22)45-16-6-15-41-45)31(35)26-18-23(9-13-28(26)42-32)33(46,30-20-39-21-43(30)3)24-10-14-29(40-19-24)34(36,37)38/h6-16,18-21,46H,4-5,17H2,1-3H3. The van der Waals surface area contributed by atoms with E-state index in [0.29, 0.717) is 33.6 Å². The molecule has 236 valence electrons. The molecule has 12 heteroatoms. The quantitative estimate of drug-likeness (QED) is 0.183. The van der Waals surface area contributed by atoms with Crippen LogP contribution in [0.5, 0.6) is 0 Å². The second-order valence-corrected chi connectivity index (χ2v) is 11.3. The Kier molecular flexibility index (Phi) is 8.30. The van der Waals surface area contributed by atoms with E-state index in [4.69, 9.17) is 16.6 Å². The minimum atomic E-state index is -4.62. The lowest BCUT2D eigenvalue weighted by molar-refractivity contribution is -0.141. The minimum absolute atomic E-state index is 0.143. The topological polar surface area (TPSA) is 84.9 Å². The predicted octanol–water partition coefficient (Wildman–Crippen LogP) is 6.94. The van der Waals surface area contributed by atoms with Crippen molar-refractivity contribution in [3.63, 3.8) is 0 Å². The van der Waals surface area contributed by atoms with Crippen LogP contribution in [0, 0.1) is 0 Å². The van der Waals surface area contributed by atoms with Crippen molar-refractivity contribution in [1.29, 1.82) is 0 Å². The third kappa shape index (κ3) is 5.60. The number of hydrogen-bond acceptors (Lipinski definition) is 6. The number of rotatable bonds is 9. The van der Waals surface area contributed by atoms with Crippen molar-refractivity contribution < 1.29 is 18.3 Å². The molecular weight excluding hydrogens is 615 g/mol. The van der Waals surface area contributed by atoms with Crippen molar-refractivity contribution in [3.05, 3.63) is 130 Å². The summed E-state index contributed by atoms with van der Waals surface area (Å²) in [5.41, 5.74) is 1.29. The average molecular weight is 646 g/mol. The summed E-state index contributed by atoms with van der Waals surface area (Å²) in [6.45, 7) is 5.55. The van der Waals surface area contributed by atoms with Crippen molar-refractivity contribution in [1.82, 2.24) is 29.3 Å². The molecule has 0 aliphatic heterocycles. The van der Waals surface area contributed by atoms with E-state index in [9.17, 15) is 18.3 Å². The summed E-state index contributed by atoms with van der Waals surface area (Å²) in [4.78, 5) is 15.0. The van der Waals surface area contributed by atoms with E-state index in [1.54, 1.807) is 40.7 Å². The summed E-state index contributed by atoms with van der Waals surface area (Å²) in [7, 11) is 1.70. The zero-order valence-electron chi connectivity index (χ0n) is 25.4. The molecular formula is C34H31ClF3N7O. The summed E-state index contributed by atoms with van der Waals surface area (Å²) >= 11 is 7.25. The molecule has 2 aromatic carbocycles. The number of aromatic nitrogens is 6. The second-order valence-electron chi connectivity index (χ2n) is 11.0. The number of anilines is 1. The van der Waals surface area contributed by atoms with Gasteiger partial charge >= 0.3 is 6.18 Å². The lowest BCUT2D eigenvalue weighted by Gasteiger charge is -2.30. The molecule has 0 spiro atoms. The Balaban J connectivity index is 1.50. The number of alkyl halides is 3. The summed E-state index contributed by atoms with van der Waals surface area (Å²) in [5.74, 6) is 0.764. The van der Waals surface area contributed by atoms with E-state index in [2.05, 4.69) is 33.8 Å². The van der Waals surface area contributed by atoms with Gasteiger partial charge in [-0.05, 0) is 61.4 Å². The van der Waals surface area contributed by atoms with Crippen LogP contribution in [0.4, 0.5) is 19.0 Å². The van der Waals surface area contributed by atoms with Crippen LogP contribution in [0.1, 0.15) is 47.5 Å². The lowest BCUT2D eigenvalue weighted by atomic mass is 9.83. The molecule has 0 saturated carbocycles. The van der Waals surface area contributed by atoms with E-state index >= 15 is 0 Å². The van der Waals surface area contributed by atoms with E-state index < -0.39 is 17.5 Å². The maximum atomic E-state index is 13.3. The molecule has 1 unspecified atom stereocenters. The van der Waals surface area contributed by atoms with Crippen molar-refractivity contribution in [3.8, 4) is 5.69 Å². The number of aliphatic hydroxyl groups is 1. The molecule has 4 aromatic heterocycles. The maximum Gasteiger partial charge on any atom is 0.433 e. The number of fused-ring (bicyclic) bond motifs is 1. The van der Waals surface area contributed by atoms with Gasteiger partial charge in [-0.15, -0.1) is 0 Å². The smallest absolute Gasteiger partial charge is 0.374 e. The highest BCUT2D eigenvalue weighted by Gasteiger charge is 2.39. The average Bonchev–Trinajstić information content (AvgIpc) is 3.75.